The minimum atomic E-state index is -0.311. The van der Waals surface area contributed by atoms with Crippen molar-refractivity contribution in [1.82, 2.24) is 19.8 Å². The van der Waals surface area contributed by atoms with Crippen LogP contribution >= 0.6 is 0 Å². The summed E-state index contributed by atoms with van der Waals surface area (Å²) in [7, 11) is 0. The van der Waals surface area contributed by atoms with Crippen molar-refractivity contribution in [3.05, 3.63) is 48.3 Å². The van der Waals surface area contributed by atoms with Crippen LogP contribution in [-0.2, 0) is 16.1 Å². The van der Waals surface area contributed by atoms with Gasteiger partial charge in [-0.15, -0.1) is 0 Å². The third kappa shape index (κ3) is 3.99. The number of hydrogen-bond acceptors (Lipinski definition) is 6. The first-order valence-corrected chi connectivity index (χ1v) is 11.1. The molecule has 0 unspecified atom stereocenters. The van der Waals surface area contributed by atoms with Gasteiger partial charge in [-0.2, -0.15) is 0 Å². The number of benzene rings is 1. The highest BCUT2D eigenvalue weighted by atomic mass is 16.2. The molecule has 1 atom stereocenters. The van der Waals surface area contributed by atoms with E-state index in [0.717, 1.165) is 56.3 Å². The van der Waals surface area contributed by atoms with Crippen LogP contribution in [0.2, 0.25) is 0 Å². The monoisotopic (exact) mass is 420 g/mol. The molecule has 162 valence electrons. The molecule has 2 aromatic rings. The number of amides is 2. The highest BCUT2D eigenvalue weighted by molar-refractivity contribution is 6.02. The summed E-state index contributed by atoms with van der Waals surface area (Å²) >= 11 is 0. The summed E-state index contributed by atoms with van der Waals surface area (Å²) in [5, 5.41) is 0. The smallest absolute Gasteiger partial charge is 0.249 e. The highest BCUT2D eigenvalue weighted by Crippen LogP contribution is 2.33. The first kappa shape index (κ1) is 19.9. The van der Waals surface area contributed by atoms with Gasteiger partial charge in [-0.05, 0) is 37.1 Å². The number of fused-ring (bicyclic) bond motifs is 2. The molecule has 3 aliphatic heterocycles. The Morgan fingerprint density at radius 2 is 1.71 bits per heavy atom. The zero-order valence-electron chi connectivity index (χ0n) is 17.7. The van der Waals surface area contributed by atoms with E-state index in [1.54, 1.807) is 17.3 Å². The second-order valence-electron chi connectivity index (χ2n) is 8.43. The van der Waals surface area contributed by atoms with E-state index in [2.05, 4.69) is 19.8 Å². The van der Waals surface area contributed by atoms with E-state index in [0.29, 0.717) is 25.9 Å². The van der Waals surface area contributed by atoms with Gasteiger partial charge in [0.05, 0.1) is 0 Å². The Hall–Kier alpha value is -3.00. The fraction of sp³-hybridized carbons (Fsp3) is 0.478. The van der Waals surface area contributed by atoms with Gasteiger partial charge in [0.2, 0.25) is 17.8 Å². The molecule has 8 heteroatoms. The van der Waals surface area contributed by atoms with Crippen LogP contribution in [0.15, 0.2) is 42.7 Å². The summed E-state index contributed by atoms with van der Waals surface area (Å²) in [6.07, 6.45) is 5.57. The van der Waals surface area contributed by atoms with Gasteiger partial charge in [-0.25, -0.2) is 9.97 Å². The SMILES string of the molecule is O=C1[C@@H]2CCC(=O)N2Cc2ccccc2N1CCCN1CCN(c2ncccn2)CC1. The second kappa shape index (κ2) is 8.63. The van der Waals surface area contributed by atoms with Crippen molar-refractivity contribution < 1.29 is 9.59 Å². The zero-order valence-corrected chi connectivity index (χ0v) is 17.7. The number of carbonyl (C=O) groups is 2. The Balaban J connectivity index is 1.20. The molecule has 1 aromatic heterocycles. The number of nitrogens with zero attached hydrogens (tertiary/aromatic N) is 6. The molecule has 3 aliphatic rings. The van der Waals surface area contributed by atoms with E-state index in [1.807, 2.05) is 35.2 Å². The summed E-state index contributed by atoms with van der Waals surface area (Å²) in [5.41, 5.74) is 2.02. The third-order valence-corrected chi connectivity index (χ3v) is 6.57. The average molecular weight is 421 g/mol. The van der Waals surface area contributed by atoms with Gasteiger partial charge in [0.25, 0.3) is 0 Å². The van der Waals surface area contributed by atoms with Crippen LogP contribution in [0.5, 0.6) is 0 Å². The number of piperazine rings is 1. The first-order chi connectivity index (χ1) is 15.2. The average Bonchev–Trinajstić information content (AvgIpc) is 3.12. The van der Waals surface area contributed by atoms with Crippen molar-refractivity contribution in [2.75, 3.05) is 49.1 Å². The van der Waals surface area contributed by atoms with Gasteiger partial charge in [0.15, 0.2) is 0 Å². The van der Waals surface area contributed by atoms with Crippen LogP contribution in [0, 0.1) is 0 Å². The van der Waals surface area contributed by atoms with Crippen molar-refractivity contribution in [2.45, 2.75) is 31.8 Å². The van der Waals surface area contributed by atoms with Crippen LogP contribution in [0.3, 0.4) is 0 Å². The number of hydrogen-bond donors (Lipinski definition) is 0. The standard InChI is InChI=1S/C23H28N6O2/c30-21-8-7-20-22(31)28(19-6-2-1-5-18(19)17-29(20)21)12-4-11-26-13-15-27(16-14-26)23-24-9-3-10-25-23/h1-3,5-6,9-10,20H,4,7-8,11-17H2/t20-/m0/s1. The van der Waals surface area contributed by atoms with E-state index >= 15 is 0 Å². The van der Waals surface area contributed by atoms with Gasteiger partial charge in [-0.1, -0.05) is 18.2 Å². The Bertz CT molecular complexity index is 944. The molecule has 5 rings (SSSR count). The van der Waals surface area contributed by atoms with E-state index in [9.17, 15) is 9.59 Å². The second-order valence-corrected chi connectivity index (χ2v) is 8.43. The van der Waals surface area contributed by atoms with Crippen molar-refractivity contribution in [3.63, 3.8) is 0 Å². The number of carbonyl (C=O) groups excluding carboxylic acids is 2. The summed E-state index contributed by atoms with van der Waals surface area (Å²) in [4.78, 5) is 42.7. The van der Waals surface area contributed by atoms with Gasteiger partial charge < -0.3 is 14.7 Å². The minimum Gasteiger partial charge on any atom is -0.338 e. The molecule has 31 heavy (non-hydrogen) atoms. The fourth-order valence-electron chi connectivity index (χ4n) is 4.89. The van der Waals surface area contributed by atoms with E-state index in [-0.39, 0.29) is 17.9 Å². The molecule has 1 aromatic carbocycles. The number of anilines is 2. The molecule has 2 saturated heterocycles. The van der Waals surface area contributed by atoms with Gasteiger partial charge in [-0.3, -0.25) is 14.5 Å². The summed E-state index contributed by atoms with van der Waals surface area (Å²) in [5.74, 6) is 0.960. The predicted molar refractivity (Wildman–Crippen MR) is 118 cm³/mol. The number of rotatable bonds is 5. The summed E-state index contributed by atoms with van der Waals surface area (Å²) < 4.78 is 0. The maximum Gasteiger partial charge on any atom is 0.249 e. The molecule has 0 aliphatic carbocycles. The Morgan fingerprint density at radius 1 is 0.935 bits per heavy atom. The van der Waals surface area contributed by atoms with Crippen LogP contribution in [0.4, 0.5) is 11.6 Å². The van der Waals surface area contributed by atoms with E-state index < -0.39 is 0 Å². The van der Waals surface area contributed by atoms with Crippen LogP contribution in [0.25, 0.3) is 0 Å². The van der Waals surface area contributed by atoms with Crippen molar-refractivity contribution >= 4 is 23.5 Å². The van der Waals surface area contributed by atoms with E-state index in [4.69, 9.17) is 0 Å². The van der Waals surface area contributed by atoms with Gasteiger partial charge >= 0.3 is 0 Å². The largest absolute Gasteiger partial charge is 0.338 e. The maximum atomic E-state index is 13.3. The number of aromatic nitrogens is 2. The molecule has 2 amide bonds. The molecule has 8 nitrogen and oxygen atoms in total. The summed E-state index contributed by atoms with van der Waals surface area (Å²) in [6.45, 7) is 5.91. The molecule has 4 heterocycles. The lowest BCUT2D eigenvalue weighted by atomic mass is 10.1. The highest BCUT2D eigenvalue weighted by Gasteiger charge is 2.41. The normalized spacial score (nSPS) is 21.8. The lowest BCUT2D eigenvalue weighted by Gasteiger charge is -2.35. The molecule has 0 radical (unpaired) electrons. The first-order valence-electron chi connectivity index (χ1n) is 11.1. The quantitative estimate of drug-likeness (QED) is 0.731. The van der Waals surface area contributed by atoms with Crippen LogP contribution in [-0.4, -0.2) is 76.9 Å². The van der Waals surface area contributed by atoms with Crippen LogP contribution < -0.4 is 9.80 Å². The molecule has 0 bridgehead atoms. The van der Waals surface area contributed by atoms with E-state index in [1.165, 1.54) is 0 Å². The molecule has 0 N–H and O–H groups in total. The summed E-state index contributed by atoms with van der Waals surface area (Å²) in [6, 6.07) is 9.53. The lowest BCUT2D eigenvalue weighted by molar-refractivity contribution is -0.134. The zero-order chi connectivity index (χ0) is 21.2. The predicted octanol–water partition coefficient (Wildman–Crippen LogP) is 1.53. The topological polar surface area (TPSA) is 72.9 Å². The molecule has 0 saturated carbocycles. The van der Waals surface area contributed by atoms with Crippen LogP contribution in [0.1, 0.15) is 24.8 Å². The van der Waals surface area contributed by atoms with Gasteiger partial charge in [0, 0.05) is 63.8 Å². The van der Waals surface area contributed by atoms with Crippen molar-refractivity contribution in [2.24, 2.45) is 0 Å². The van der Waals surface area contributed by atoms with Crippen molar-refractivity contribution in [1.29, 1.82) is 0 Å². The molecule has 0 spiro atoms. The fourth-order valence-corrected chi connectivity index (χ4v) is 4.89. The minimum absolute atomic E-state index is 0.0712. The number of para-hydroxylation sites is 1. The van der Waals surface area contributed by atoms with Crippen molar-refractivity contribution in [3.8, 4) is 0 Å². The Labute approximate surface area is 182 Å². The lowest BCUT2D eigenvalue weighted by Crippen LogP contribution is -2.48. The molecular formula is C23H28N6O2. The maximum absolute atomic E-state index is 13.3. The van der Waals surface area contributed by atoms with Gasteiger partial charge in [0.1, 0.15) is 6.04 Å². The molecular weight excluding hydrogens is 392 g/mol. The molecule has 2 fully saturated rings. The Morgan fingerprint density at radius 3 is 2.52 bits per heavy atom. The third-order valence-electron chi connectivity index (χ3n) is 6.57. The Kier molecular flexibility index (Phi) is 5.55.